The number of carbonyl (C=O) groups is 1. The summed E-state index contributed by atoms with van der Waals surface area (Å²) in [7, 11) is 0. The summed E-state index contributed by atoms with van der Waals surface area (Å²) in [5.74, 6) is -0.375. The molecule has 0 aliphatic carbocycles. The molecule has 0 atom stereocenters. The molecule has 150 valence electrons. The van der Waals surface area contributed by atoms with E-state index in [1.54, 1.807) is 6.20 Å². The third kappa shape index (κ3) is 5.10. The second kappa shape index (κ2) is 9.02. The van der Waals surface area contributed by atoms with Crippen molar-refractivity contribution in [3.63, 3.8) is 0 Å². The highest BCUT2D eigenvalue weighted by molar-refractivity contribution is 6.30. The summed E-state index contributed by atoms with van der Waals surface area (Å²) >= 11 is 6.09. The first-order chi connectivity index (χ1) is 13.9. The van der Waals surface area contributed by atoms with E-state index in [0.717, 1.165) is 59.3 Å². The van der Waals surface area contributed by atoms with Crippen LogP contribution in [0.4, 0.5) is 11.4 Å². The predicted molar refractivity (Wildman–Crippen MR) is 118 cm³/mol. The zero-order valence-corrected chi connectivity index (χ0v) is 17.8. The Hall–Kier alpha value is -2.97. The average Bonchev–Trinajstić information content (AvgIpc) is 2.69. The molecule has 0 saturated carbocycles. The minimum absolute atomic E-state index is 0.112. The fourth-order valence-corrected chi connectivity index (χ4v) is 3.85. The van der Waals surface area contributed by atoms with E-state index < -0.39 is 0 Å². The van der Waals surface area contributed by atoms with Crippen molar-refractivity contribution in [1.29, 1.82) is 5.26 Å². The highest BCUT2D eigenvalue weighted by Crippen LogP contribution is 2.23. The Kier molecular flexibility index (Phi) is 6.46. The van der Waals surface area contributed by atoms with Crippen LogP contribution in [0.3, 0.4) is 0 Å². The Bertz CT molecular complexity index is 962. The van der Waals surface area contributed by atoms with Crippen molar-refractivity contribution < 1.29 is 4.79 Å². The molecule has 0 bridgehead atoms. The van der Waals surface area contributed by atoms with Gasteiger partial charge in [-0.15, -0.1) is 0 Å². The molecule has 2 aromatic carbocycles. The third-order valence-electron chi connectivity index (χ3n) is 5.08. The molecule has 1 fully saturated rings. The maximum Gasteiger partial charge on any atom is 0.267 e. The van der Waals surface area contributed by atoms with Crippen LogP contribution < -0.4 is 10.2 Å². The Morgan fingerprint density at radius 3 is 2.34 bits per heavy atom. The topological polar surface area (TPSA) is 59.4 Å². The highest BCUT2D eigenvalue weighted by Gasteiger charge is 2.18. The number of nitrogens with zero attached hydrogens (tertiary/aromatic N) is 3. The zero-order valence-electron chi connectivity index (χ0n) is 17.0. The number of carbonyl (C=O) groups excluding carboxylic acids is 1. The first kappa shape index (κ1) is 20.8. The summed E-state index contributed by atoms with van der Waals surface area (Å²) in [4.78, 5) is 16.9. The molecule has 6 heteroatoms. The molecule has 1 aliphatic heterocycles. The number of anilines is 2. The van der Waals surface area contributed by atoms with Crippen LogP contribution in [0.1, 0.15) is 16.7 Å². The Labute approximate surface area is 177 Å². The lowest BCUT2D eigenvalue weighted by molar-refractivity contribution is -0.112. The standard InChI is InChI=1S/C23H25ClN4O/c1-16-11-17(2)22(18(3)12-16)26-23(29)19(14-25)15-27-7-9-28(10-8-27)21-6-4-5-20(24)13-21/h4-6,11-13,15H,7-10H2,1-3H3,(H,26,29)/b19-15-. The second-order valence-electron chi connectivity index (χ2n) is 7.39. The summed E-state index contributed by atoms with van der Waals surface area (Å²) in [6.45, 7) is 9.00. The Morgan fingerprint density at radius 1 is 1.10 bits per heavy atom. The number of benzene rings is 2. The molecule has 0 aromatic heterocycles. The van der Waals surface area contributed by atoms with Gasteiger partial charge in [0.05, 0.1) is 0 Å². The van der Waals surface area contributed by atoms with E-state index in [4.69, 9.17) is 11.6 Å². The van der Waals surface area contributed by atoms with Crippen LogP contribution in [0, 0.1) is 32.1 Å². The first-order valence-electron chi connectivity index (χ1n) is 9.63. The van der Waals surface area contributed by atoms with Crippen LogP contribution in [0.5, 0.6) is 0 Å². The highest BCUT2D eigenvalue weighted by atomic mass is 35.5. The van der Waals surface area contributed by atoms with Crippen molar-refractivity contribution in [2.75, 3.05) is 36.4 Å². The van der Waals surface area contributed by atoms with Gasteiger partial charge in [-0.3, -0.25) is 4.79 Å². The number of halogens is 1. The van der Waals surface area contributed by atoms with Crippen LogP contribution in [0.15, 0.2) is 48.2 Å². The summed E-state index contributed by atoms with van der Waals surface area (Å²) in [6.07, 6.45) is 1.67. The summed E-state index contributed by atoms with van der Waals surface area (Å²) < 4.78 is 0. The minimum Gasteiger partial charge on any atom is -0.373 e. The van der Waals surface area contributed by atoms with Gasteiger partial charge in [-0.25, -0.2) is 0 Å². The van der Waals surface area contributed by atoms with Crippen LogP contribution in [-0.2, 0) is 4.79 Å². The van der Waals surface area contributed by atoms with Gasteiger partial charge in [0.1, 0.15) is 11.6 Å². The molecule has 0 radical (unpaired) electrons. The molecule has 1 aliphatic rings. The van der Waals surface area contributed by atoms with E-state index in [2.05, 4.69) is 10.2 Å². The average molecular weight is 409 g/mol. The molecular formula is C23H25ClN4O. The van der Waals surface area contributed by atoms with Crippen LogP contribution in [0.2, 0.25) is 5.02 Å². The van der Waals surface area contributed by atoms with E-state index in [1.165, 1.54) is 0 Å². The number of hydrogen-bond donors (Lipinski definition) is 1. The fourth-order valence-electron chi connectivity index (χ4n) is 3.66. The Morgan fingerprint density at radius 2 is 1.76 bits per heavy atom. The predicted octanol–water partition coefficient (Wildman–Crippen LogP) is 4.43. The van der Waals surface area contributed by atoms with Gasteiger partial charge in [0.25, 0.3) is 5.91 Å². The van der Waals surface area contributed by atoms with Crippen molar-refractivity contribution in [2.24, 2.45) is 0 Å². The monoisotopic (exact) mass is 408 g/mol. The minimum atomic E-state index is -0.375. The van der Waals surface area contributed by atoms with E-state index in [-0.39, 0.29) is 11.5 Å². The lowest BCUT2D eigenvalue weighted by Gasteiger charge is -2.35. The Balaban J connectivity index is 1.66. The van der Waals surface area contributed by atoms with E-state index in [0.29, 0.717) is 0 Å². The van der Waals surface area contributed by atoms with Gasteiger partial charge < -0.3 is 15.1 Å². The van der Waals surface area contributed by atoms with Crippen LogP contribution >= 0.6 is 11.6 Å². The van der Waals surface area contributed by atoms with Crippen molar-refractivity contribution >= 4 is 28.9 Å². The molecule has 3 rings (SSSR count). The number of rotatable bonds is 4. The zero-order chi connectivity index (χ0) is 21.0. The van der Waals surface area contributed by atoms with Gasteiger partial charge in [0.15, 0.2) is 0 Å². The molecule has 1 N–H and O–H groups in total. The molecule has 1 amide bonds. The molecule has 29 heavy (non-hydrogen) atoms. The maximum absolute atomic E-state index is 12.7. The number of amides is 1. The smallest absolute Gasteiger partial charge is 0.267 e. The van der Waals surface area contributed by atoms with E-state index in [1.807, 2.05) is 68.1 Å². The molecule has 0 spiro atoms. The summed E-state index contributed by atoms with van der Waals surface area (Å²) in [6, 6.07) is 13.9. The molecule has 1 heterocycles. The number of aryl methyl sites for hydroxylation is 3. The van der Waals surface area contributed by atoms with Crippen LogP contribution in [0.25, 0.3) is 0 Å². The molecule has 2 aromatic rings. The van der Waals surface area contributed by atoms with E-state index >= 15 is 0 Å². The van der Waals surface area contributed by atoms with Crippen molar-refractivity contribution in [1.82, 2.24) is 4.90 Å². The van der Waals surface area contributed by atoms with E-state index in [9.17, 15) is 10.1 Å². The molecule has 0 unspecified atom stereocenters. The summed E-state index contributed by atoms with van der Waals surface area (Å²) in [5, 5.41) is 13.1. The number of piperazine rings is 1. The van der Waals surface area contributed by atoms with Gasteiger partial charge in [0.2, 0.25) is 0 Å². The lowest BCUT2D eigenvalue weighted by Crippen LogP contribution is -2.44. The molecule has 1 saturated heterocycles. The summed E-state index contributed by atoms with van der Waals surface area (Å²) in [5.41, 5.74) is 5.09. The van der Waals surface area contributed by atoms with Gasteiger partial charge in [0, 0.05) is 48.8 Å². The van der Waals surface area contributed by atoms with Crippen molar-refractivity contribution in [2.45, 2.75) is 20.8 Å². The van der Waals surface area contributed by atoms with Gasteiger partial charge in [-0.2, -0.15) is 5.26 Å². The largest absolute Gasteiger partial charge is 0.373 e. The molecule has 5 nitrogen and oxygen atoms in total. The third-order valence-corrected chi connectivity index (χ3v) is 5.32. The van der Waals surface area contributed by atoms with Gasteiger partial charge >= 0.3 is 0 Å². The quantitative estimate of drug-likeness (QED) is 0.600. The lowest BCUT2D eigenvalue weighted by atomic mass is 10.0. The van der Waals surface area contributed by atoms with Gasteiger partial charge in [-0.05, 0) is 50.1 Å². The fraction of sp³-hybridized carbons (Fsp3) is 0.304. The van der Waals surface area contributed by atoms with Crippen LogP contribution in [-0.4, -0.2) is 37.0 Å². The number of nitrogens with one attached hydrogen (secondary N) is 1. The van der Waals surface area contributed by atoms with Crippen molar-refractivity contribution in [3.05, 3.63) is 69.9 Å². The second-order valence-corrected chi connectivity index (χ2v) is 7.82. The molecular weight excluding hydrogens is 384 g/mol. The number of nitriles is 1. The number of hydrogen-bond acceptors (Lipinski definition) is 4. The SMILES string of the molecule is Cc1cc(C)c(NC(=O)/C(C#N)=C\N2CCN(c3cccc(Cl)c3)CC2)c(C)c1. The maximum atomic E-state index is 12.7. The normalized spacial score (nSPS) is 14.5. The first-order valence-corrected chi connectivity index (χ1v) is 10.0. The van der Waals surface area contributed by atoms with Gasteiger partial charge in [-0.1, -0.05) is 35.4 Å². The van der Waals surface area contributed by atoms with Crippen molar-refractivity contribution in [3.8, 4) is 6.07 Å².